The average molecular weight is 440 g/mol. The highest BCUT2D eigenvalue weighted by atomic mass is 16.3. The van der Waals surface area contributed by atoms with E-state index in [4.69, 9.17) is 12.3 Å². The van der Waals surface area contributed by atoms with Gasteiger partial charge in [0.2, 0.25) is 0 Å². The number of fused-ring (bicyclic) bond motifs is 4. The molecule has 5 rings (SSSR count). The number of anilines is 1. The number of aliphatic hydroxyl groups is 1. The van der Waals surface area contributed by atoms with Gasteiger partial charge in [0.15, 0.2) is 5.78 Å². The lowest BCUT2D eigenvalue weighted by Gasteiger charge is -2.53. The molecule has 0 radical (unpaired) electrons. The Balaban J connectivity index is 1.84. The van der Waals surface area contributed by atoms with E-state index in [1.165, 1.54) is 11.0 Å². The molecule has 0 spiro atoms. The lowest BCUT2D eigenvalue weighted by Crippen LogP contribution is -2.51. The fourth-order valence-electron chi connectivity index (χ4n) is 6.38. The molecule has 2 fully saturated rings. The molecule has 2 saturated carbocycles. The average Bonchev–Trinajstić information content (AvgIpc) is 3.13. The Kier molecular flexibility index (Phi) is 3.05. The van der Waals surface area contributed by atoms with Gasteiger partial charge in [-0.3, -0.25) is 4.79 Å². The molecule has 1 N–H and O–H groups in total. The fraction of sp³-hybridized carbons (Fsp3) is 0.552. The lowest BCUT2D eigenvalue weighted by atomic mass is 9.51. The summed E-state index contributed by atoms with van der Waals surface area (Å²) < 4.78 is 85.1. The molecule has 32 heavy (non-hydrogen) atoms. The lowest BCUT2D eigenvalue weighted by molar-refractivity contribution is -0.114. The Hall–Kier alpha value is -2.31. The molecule has 0 unspecified atom stereocenters. The summed E-state index contributed by atoms with van der Waals surface area (Å²) in [7, 11) is 3.24. The van der Waals surface area contributed by atoms with Crippen LogP contribution in [0.25, 0.3) is 0 Å². The monoisotopic (exact) mass is 439 g/mol. The van der Waals surface area contributed by atoms with Crippen molar-refractivity contribution in [2.75, 3.05) is 19.0 Å². The zero-order valence-electron chi connectivity index (χ0n) is 28.8. The van der Waals surface area contributed by atoms with Crippen LogP contribution in [0.5, 0.6) is 0 Å². The Labute approximate surface area is 206 Å². The van der Waals surface area contributed by atoms with Crippen molar-refractivity contribution in [1.82, 2.24) is 0 Å². The van der Waals surface area contributed by atoms with Crippen molar-refractivity contribution in [3.05, 3.63) is 52.5 Å². The number of ketones is 1. The first-order chi connectivity index (χ1) is 19.2. The zero-order valence-corrected chi connectivity index (χ0v) is 18.8. The van der Waals surface area contributed by atoms with Crippen LogP contribution in [0, 0.1) is 29.1 Å². The first-order valence-corrected chi connectivity index (χ1v) is 11.2. The molecule has 0 amide bonds. The van der Waals surface area contributed by atoms with E-state index < -0.39 is 47.8 Å². The van der Waals surface area contributed by atoms with Crippen LogP contribution in [0.1, 0.15) is 83.9 Å². The van der Waals surface area contributed by atoms with Gasteiger partial charge < -0.3 is 10.0 Å². The van der Waals surface area contributed by atoms with Crippen molar-refractivity contribution in [3.63, 3.8) is 0 Å². The topological polar surface area (TPSA) is 40.5 Å². The van der Waals surface area contributed by atoms with E-state index >= 15 is 0 Å². The van der Waals surface area contributed by atoms with E-state index in [1.54, 1.807) is 21.0 Å². The molecule has 3 nitrogen and oxygen atoms in total. The highest BCUT2D eigenvalue weighted by molar-refractivity contribution is 5.93. The number of carbonyl (C=O) groups is 1. The van der Waals surface area contributed by atoms with E-state index in [1.807, 2.05) is 0 Å². The van der Waals surface area contributed by atoms with Crippen LogP contribution in [0.3, 0.4) is 0 Å². The van der Waals surface area contributed by atoms with Crippen molar-refractivity contribution in [2.24, 2.45) is 17.2 Å². The number of benzene rings is 1. The molecule has 168 valence electrons. The second-order valence-corrected chi connectivity index (χ2v) is 9.84. The van der Waals surface area contributed by atoms with Gasteiger partial charge in [0.1, 0.15) is 5.60 Å². The maximum atomic E-state index is 12.6. The standard InChI is InChI=1S/C29H35NO2/c1-5-15-29(32)16-14-26-24-12-8-20-17-22(31)11-13-23(20)27(24)25(18-28(26,29)2)19-6-9-21(10-7-19)30(3)4/h6-7,9-10,17,24-26,32H,8,11-14,16,18H2,1-4H3/t24-,25+,26-,28-,29-/m0/s1/i1D3,6D,7D,9D,10D,11D2,24D. The van der Waals surface area contributed by atoms with Gasteiger partial charge in [-0.25, -0.2) is 0 Å². The summed E-state index contributed by atoms with van der Waals surface area (Å²) in [6.07, 6.45) is -0.0882. The highest BCUT2D eigenvalue weighted by Crippen LogP contribution is 2.66. The van der Waals surface area contributed by atoms with Gasteiger partial charge in [0.05, 0.1) is 5.48 Å². The normalized spacial score (nSPS) is 44.6. The van der Waals surface area contributed by atoms with Crippen LogP contribution < -0.4 is 4.90 Å². The predicted octanol–water partition coefficient (Wildman–Crippen LogP) is 5.41. The SMILES string of the molecule is [2H]c1c([2H])c(N(C)C)c([2H])c([2H])c1[C@H]1C[C@@]2(C)[C@@H](CC[C@@]2(O)C#CC([2H])([2H])[2H])[C@]2([2H])CCC3=CC(=O)C([2H])([2H])CC3=C12. The molecule has 5 atom stereocenters. The third-order valence-electron chi connectivity index (χ3n) is 8.07. The summed E-state index contributed by atoms with van der Waals surface area (Å²) in [6, 6.07) is -1.09. The number of carbonyl (C=O) groups excluding carboxylic acids is 1. The Morgan fingerprint density at radius 2 is 2.06 bits per heavy atom. The van der Waals surface area contributed by atoms with Crippen molar-refractivity contribution in [3.8, 4) is 11.8 Å². The van der Waals surface area contributed by atoms with Crippen LogP contribution in [-0.2, 0) is 4.79 Å². The molecule has 1 aromatic rings. The third kappa shape index (κ3) is 3.11. The largest absolute Gasteiger partial charge is 0.378 e. The predicted molar refractivity (Wildman–Crippen MR) is 129 cm³/mol. The van der Waals surface area contributed by atoms with E-state index in [2.05, 4.69) is 11.8 Å². The van der Waals surface area contributed by atoms with E-state index in [9.17, 15) is 11.3 Å². The van der Waals surface area contributed by atoms with Gasteiger partial charge in [-0.2, -0.15) is 0 Å². The number of hydrogen-bond donors (Lipinski definition) is 1. The Morgan fingerprint density at radius 3 is 2.78 bits per heavy atom. The summed E-state index contributed by atoms with van der Waals surface area (Å²) in [5, 5.41) is 12.0. The minimum absolute atomic E-state index is 0.0471. The first kappa shape index (κ1) is 12.8. The van der Waals surface area contributed by atoms with Crippen LogP contribution >= 0.6 is 0 Å². The minimum Gasteiger partial charge on any atom is -0.378 e. The van der Waals surface area contributed by atoms with Gasteiger partial charge in [0, 0.05) is 45.7 Å². The van der Waals surface area contributed by atoms with E-state index in [-0.39, 0.29) is 61.1 Å². The van der Waals surface area contributed by atoms with Crippen molar-refractivity contribution < 1.29 is 23.6 Å². The maximum absolute atomic E-state index is 12.6. The van der Waals surface area contributed by atoms with Gasteiger partial charge in [-0.1, -0.05) is 30.5 Å². The van der Waals surface area contributed by atoms with E-state index in [0.717, 1.165) is 0 Å². The van der Waals surface area contributed by atoms with Gasteiger partial charge in [0.25, 0.3) is 0 Å². The fourth-order valence-corrected chi connectivity index (χ4v) is 6.38. The molecular formula is C29H35NO2. The zero-order chi connectivity index (χ0) is 31.4. The van der Waals surface area contributed by atoms with Gasteiger partial charge in [-0.05, 0) is 92.1 Å². The Morgan fingerprint density at radius 1 is 1.28 bits per heavy atom. The number of allylic oxidation sites excluding steroid dienone is 4. The van der Waals surface area contributed by atoms with Crippen LogP contribution in [0.4, 0.5) is 5.69 Å². The van der Waals surface area contributed by atoms with Crippen LogP contribution in [-0.4, -0.2) is 30.6 Å². The maximum Gasteiger partial charge on any atom is 0.156 e. The van der Waals surface area contributed by atoms with Crippen molar-refractivity contribution in [2.45, 2.75) is 70.2 Å². The molecule has 0 saturated heterocycles. The third-order valence-corrected chi connectivity index (χ3v) is 8.07. The molecule has 0 heterocycles. The Bertz CT molecular complexity index is 1490. The molecular weight excluding hydrogens is 394 g/mol. The van der Waals surface area contributed by atoms with Crippen LogP contribution in [0.2, 0.25) is 0 Å². The molecule has 4 aliphatic rings. The van der Waals surface area contributed by atoms with Crippen molar-refractivity contribution >= 4 is 11.5 Å². The summed E-state index contributed by atoms with van der Waals surface area (Å²) in [6.45, 7) is -0.844. The number of rotatable bonds is 2. The van der Waals surface area contributed by atoms with Crippen molar-refractivity contribution in [1.29, 1.82) is 0 Å². The molecule has 0 aliphatic heterocycles. The second kappa shape index (κ2) is 7.63. The smallest absolute Gasteiger partial charge is 0.156 e. The minimum atomic E-state index is -2.61. The summed E-state index contributed by atoms with van der Waals surface area (Å²) >= 11 is 0. The number of nitrogens with zero attached hydrogens (tertiary/aromatic N) is 1. The molecule has 1 aromatic carbocycles. The summed E-state index contributed by atoms with van der Waals surface area (Å²) in [4.78, 5) is 14.1. The highest BCUT2D eigenvalue weighted by Gasteiger charge is 2.62. The van der Waals surface area contributed by atoms with Gasteiger partial charge >= 0.3 is 0 Å². The van der Waals surface area contributed by atoms with Crippen LogP contribution in [0.15, 0.2) is 47.0 Å². The van der Waals surface area contributed by atoms with E-state index in [0.29, 0.717) is 29.6 Å². The first-order valence-electron chi connectivity index (χ1n) is 16.2. The second-order valence-electron chi connectivity index (χ2n) is 9.84. The molecule has 4 aliphatic carbocycles. The summed E-state index contributed by atoms with van der Waals surface area (Å²) in [5.41, 5.74) is -1.19. The summed E-state index contributed by atoms with van der Waals surface area (Å²) in [5.74, 6) is 1.34. The quantitative estimate of drug-likeness (QED) is 0.627. The molecule has 0 bridgehead atoms. The number of hydrogen-bond acceptors (Lipinski definition) is 3. The molecule has 0 aromatic heterocycles. The molecule has 3 heteroatoms. The van der Waals surface area contributed by atoms with Gasteiger partial charge in [-0.15, -0.1) is 5.92 Å².